The number of nitrogens with one attached hydrogen (secondary N) is 2. The number of pyridine rings is 1. The molecule has 0 saturated carbocycles. The summed E-state index contributed by atoms with van der Waals surface area (Å²) in [6.07, 6.45) is 16.4. The zero-order valence-electron chi connectivity index (χ0n) is 46.2. The third-order valence-electron chi connectivity index (χ3n) is 15.0. The number of carbonyl (C=O) groups excluding carboxylic acids is 3. The Kier molecular flexibility index (Phi) is 19.8. The number of hydrogen-bond donors (Lipinski definition) is 4. The summed E-state index contributed by atoms with van der Waals surface area (Å²) in [6, 6.07) is 14.7. The van der Waals surface area contributed by atoms with Crippen LogP contribution in [0, 0.1) is 36.8 Å². The summed E-state index contributed by atoms with van der Waals surface area (Å²) < 4.78 is 35.9. The summed E-state index contributed by atoms with van der Waals surface area (Å²) in [5, 5.41) is 27.4. The molecule has 420 valence electrons. The molecule has 5 atom stereocenters. The van der Waals surface area contributed by atoms with E-state index in [1.165, 1.54) is 73.9 Å². The number of terminal acetylenes is 1. The van der Waals surface area contributed by atoms with E-state index in [-0.39, 0.29) is 69.9 Å². The maximum absolute atomic E-state index is 16.1. The molecule has 3 aromatic heterocycles. The predicted octanol–water partition coefficient (Wildman–Crippen LogP) is 8.79. The number of halogens is 2. The topological polar surface area (TPSA) is 189 Å². The fourth-order valence-corrected chi connectivity index (χ4v) is 11.9. The van der Waals surface area contributed by atoms with Crippen LogP contribution in [0.4, 0.5) is 14.6 Å². The van der Waals surface area contributed by atoms with Crippen LogP contribution in [0.15, 0.2) is 60.2 Å². The minimum absolute atomic E-state index is 0.0126. The van der Waals surface area contributed by atoms with Crippen LogP contribution in [0.2, 0.25) is 0 Å². The number of nitrogens with zero attached hydrogens (tertiary/aromatic N) is 8. The van der Waals surface area contributed by atoms with E-state index in [2.05, 4.69) is 79.2 Å². The molecule has 4 unspecified atom stereocenters. The molecular weight excluding hydrogens is 1030 g/mol. The highest BCUT2D eigenvalue weighted by atomic mass is 32.1. The molecule has 11 rings (SSSR count). The molecule has 0 aliphatic carbocycles. The SMILES string of the molecule is C#Cc1c(F)ccc2cc(O)cc(-c3ncc4c(N5CC6CCC(C5)N6)nc(OC)nc4c3F)c12.CC(C)C.Cc1ncsc1-c1ccc([C@H](C)NC=O)cc1.O=C(CN1C(=O)CCC1CCCN1CCCC1)N1CCC(O)C1. The number of methoxy groups -OCH3 is 1. The summed E-state index contributed by atoms with van der Waals surface area (Å²) >= 11 is 1.64. The molecule has 3 amide bonds. The number of aliphatic hydroxyl groups excluding tert-OH is 1. The summed E-state index contributed by atoms with van der Waals surface area (Å²) in [4.78, 5) is 61.6. The lowest BCUT2D eigenvalue weighted by Gasteiger charge is -2.34. The van der Waals surface area contributed by atoms with Crippen LogP contribution in [0.25, 0.3) is 43.4 Å². The van der Waals surface area contributed by atoms with Gasteiger partial charge in [0.05, 0.1) is 46.3 Å². The van der Waals surface area contributed by atoms with Crippen LogP contribution in [-0.4, -0.2) is 147 Å². The number of amides is 3. The fraction of sp³-hybridized carbons (Fsp3) is 0.483. The Hall–Kier alpha value is -6.85. The van der Waals surface area contributed by atoms with Crippen molar-refractivity contribution < 1.29 is 38.1 Å². The Bertz CT molecular complexity index is 3110. The molecule has 4 N–H and O–H groups in total. The number of benzene rings is 3. The van der Waals surface area contributed by atoms with Gasteiger partial charge in [0.1, 0.15) is 35.1 Å². The number of β-amino-alcohol motifs (C(OH)–C–C–N with tert-alkyl or cyclic N) is 1. The molecule has 16 nitrogen and oxygen atoms in total. The van der Waals surface area contributed by atoms with Gasteiger partial charge in [0.15, 0.2) is 5.82 Å². The van der Waals surface area contributed by atoms with Gasteiger partial charge in [0.2, 0.25) is 18.2 Å². The first kappa shape index (κ1) is 58.3. The molecule has 0 spiro atoms. The Morgan fingerprint density at radius 2 is 1.71 bits per heavy atom. The number of phenols is 1. The number of ether oxygens (including phenoxy) is 1. The fourth-order valence-electron chi connectivity index (χ4n) is 11.0. The second-order valence-electron chi connectivity index (χ2n) is 21.7. The van der Waals surface area contributed by atoms with Gasteiger partial charge in [0, 0.05) is 67.9 Å². The van der Waals surface area contributed by atoms with Crippen molar-refractivity contribution in [3.63, 3.8) is 0 Å². The number of hydrogen-bond acceptors (Lipinski definition) is 14. The highest BCUT2D eigenvalue weighted by Gasteiger charge is 2.36. The van der Waals surface area contributed by atoms with E-state index in [9.17, 15) is 29.0 Å². The second kappa shape index (κ2) is 26.9. The normalized spacial score (nSPS) is 20.1. The Morgan fingerprint density at radius 1 is 0.987 bits per heavy atom. The molecule has 2 bridgehead atoms. The number of aliphatic hydroxyl groups is 1. The van der Waals surface area contributed by atoms with Gasteiger partial charge in [-0.25, -0.2) is 13.8 Å². The lowest BCUT2D eigenvalue weighted by Crippen LogP contribution is -2.51. The van der Waals surface area contributed by atoms with Crippen molar-refractivity contribution >= 4 is 57.1 Å². The highest BCUT2D eigenvalue weighted by Crippen LogP contribution is 2.39. The molecule has 5 fully saturated rings. The molecule has 3 aromatic carbocycles. The monoisotopic (exact) mass is 1100 g/mol. The van der Waals surface area contributed by atoms with Crippen LogP contribution >= 0.6 is 11.3 Å². The van der Waals surface area contributed by atoms with Gasteiger partial charge in [-0.05, 0) is 125 Å². The van der Waals surface area contributed by atoms with Gasteiger partial charge >= 0.3 is 6.01 Å². The van der Waals surface area contributed by atoms with Crippen molar-refractivity contribution in [1.82, 2.24) is 45.3 Å². The summed E-state index contributed by atoms with van der Waals surface area (Å²) in [6.45, 7) is 16.7. The number of aromatic hydroxyl groups is 1. The number of rotatable bonds is 13. The van der Waals surface area contributed by atoms with Crippen LogP contribution in [-0.2, 0) is 14.4 Å². The molecule has 19 heteroatoms. The number of aryl methyl sites for hydroxylation is 1. The number of aromatic nitrogens is 4. The zero-order valence-corrected chi connectivity index (χ0v) is 47.0. The summed E-state index contributed by atoms with van der Waals surface area (Å²) in [5.74, 6) is 2.36. The molecular formula is C60H74F2N10O6S. The Labute approximate surface area is 466 Å². The quantitative estimate of drug-likeness (QED) is 0.0635. The van der Waals surface area contributed by atoms with E-state index in [1.54, 1.807) is 21.1 Å². The van der Waals surface area contributed by atoms with Crippen molar-refractivity contribution in [2.45, 2.75) is 123 Å². The van der Waals surface area contributed by atoms with Crippen LogP contribution in [0.5, 0.6) is 11.8 Å². The number of fused-ring (bicyclic) bond motifs is 4. The minimum atomic E-state index is -0.735. The summed E-state index contributed by atoms with van der Waals surface area (Å²) in [5.41, 5.74) is 5.25. The lowest BCUT2D eigenvalue weighted by molar-refractivity contribution is -0.139. The molecule has 5 aliphatic heterocycles. The summed E-state index contributed by atoms with van der Waals surface area (Å²) in [7, 11) is 1.43. The highest BCUT2D eigenvalue weighted by molar-refractivity contribution is 7.13. The molecule has 6 aromatic rings. The van der Waals surface area contributed by atoms with Gasteiger partial charge in [0.25, 0.3) is 0 Å². The van der Waals surface area contributed by atoms with Gasteiger partial charge in [-0.1, -0.05) is 57.0 Å². The third-order valence-corrected chi connectivity index (χ3v) is 16.0. The van der Waals surface area contributed by atoms with Gasteiger partial charge in [-0.15, -0.1) is 17.8 Å². The average molecular weight is 1100 g/mol. The van der Waals surface area contributed by atoms with E-state index in [1.807, 2.05) is 31.5 Å². The maximum atomic E-state index is 16.1. The average Bonchev–Trinajstić information content (AvgIpc) is 4.50. The lowest BCUT2D eigenvalue weighted by atomic mass is 9.96. The number of anilines is 1. The van der Waals surface area contributed by atoms with Crippen molar-refractivity contribution in [3.05, 3.63) is 88.7 Å². The first-order valence-corrected chi connectivity index (χ1v) is 28.4. The third kappa shape index (κ3) is 14.3. The standard InChI is InChI=1S/C26H21F2N5O2.C17H29N3O3.C13H14N2OS.C4H10/c1-3-17-20(27)7-4-13-8-16(34)9-18(21(13)17)23-22(28)24-19(10-29-23)25(32-26(31-24)35-2)33-11-14-5-6-15(12-33)30-14;21-15-7-11-19(12-15)17(23)13-20-14(5-6-16(20)22)4-3-10-18-8-1-2-9-18;1-9(14-7-16)11-3-5-12(6-4-11)13-10(2)15-8-17-13;1-4(2)3/h1,4,7-10,14-15,30,34H,5-6,11-12H2,2H3;14-15,21H,1-13H2;3-9H,1-2H3,(H,14,16);4H,1-3H3/t;;9-;/m..0./s1. The Morgan fingerprint density at radius 3 is 2.34 bits per heavy atom. The van der Waals surface area contributed by atoms with Crippen molar-refractivity contribution in [1.29, 1.82) is 0 Å². The van der Waals surface area contributed by atoms with E-state index >= 15 is 4.39 Å². The van der Waals surface area contributed by atoms with E-state index in [4.69, 9.17) is 11.2 Å². The van der Waals surface area contributed by atoms with E-state index in [0.29, 0.717) is 54.6 Å². The number of thiazole rings is 1. The predicted molar refractivity (Wildman–Crippen MR) is 306 cm³/mol. The van der Waals surface area contributed by atoms with Crippen LogP contribution in [0.1, 0.15) is 108 Å². The Balaban J connectivity index is 0.000000161. The molecule has 0 radical (unpaired) electrons. The second-order valence-corrected chi connectivity index (χ2v) is 22.6. The smallest absolute Gasteiger partial charge is 0.318 e. The minimum Gasteiger partial charge on any atom is -0.508 e. The van der Waals surface area contributed by atoms with E-state index < -0.39 is 17.7 Å². The van der Waals surface area contributed by atoms with Crippen molar-refractivity contribution in [2.75, 3.05) is 64.4 Å². The molecule has 5 saturated heterocycles. The first-order valence-electron chi connectivity index (χ1n) is 27.6. The zero-order chi connectivity index (χ0) is 56.3. The van der Waals surface area contributed by atoms with Crippen LogP contribution in [0.3, 0.4) is 0 Å². The largest absolute Gasteiger partial charge is 0.508 e. The van der Waals surface area contributed by atoms with Gasteiger partial charge < -0.3 is 45.2 Å². The number of piperazine rings is 1. The first-order chi connectivity index (χ1) is 38.0. The molecule has 5 aliphatic rings. The van der Waals surface area contributed by atoms with Crippen molar-refractivity contribution in [3.8, 4) is 45.8 Å². The molecule has 79 heavy (non-hydrogen) atoms. The molecule has 8 heterocycles. The van der Waals surface area contributed by atoms with Crippen LogP contribution < -0.4 is 20.3 Å². The van der Waals surface area contributed by atoms with Crippen molar-refractivity contribution in [2.24, 2.45) is 5.92 Å². The number of carbonyl (C=O) groups is 3. The number of phenolic OH excluding ortho intramolecular Hbond substituents is 1. The maximum Gasteiger partial charge on any atom is 0.318 e. The van der Waals surface area contributed by atoms with Gasteiger partial charge in [-0.3, -0.25) is 19.4 Å². The van der Waals surface area contributed by atoms with Gasteiger partial charge in [-0.2, -0.15) is 9.97 Å². The number of likely N-dealkylation sites (tertiary alicyclic amines) is 3. The van der Waals surface area contributed by atoms with E-state index in [0.717, 1.165) is 75.3 Å².